The van der Waals surface area contributed by atoms with E-state index in [0.717, 1.165) is 5.82 Å². The third kappa shape index (κ3) is 4.23. The molecule has 0 saturated heterocycles. The minimum Gasteiger partial charge on any atom is -0.365 e. The molecule has 2 nitrogen and oxygen atoms in total. The Morgan fingerprint density at radius 3 is 2.06 bits per heavy atom. The molecular weight excluding hydrogens is 356 g/mol. The van der Waals surface area contributed by atoms with Crippen molar-refractivity contribution in [3.05, 3.63) is 23.4 Å². The summed E-state index contributed by atoms with van der Waals surface area (Å²) in [7, 11) is 0. The number of anilines is 1. The van der Waals surface area contributed by atoms with Gasteiger partial charge in [-0.25, -0.2) is 4.98 Å². The van der Waals surface area contributed by atoms with Gasteiger partial charge in [-0.1, -0.05) is 52.6 Å². The normalized spacial score (nSPS) is 12.9. The highest BCUT2D eigenvalue weighted by molar-refractivity contribution is 9.24. The van der Waals surface area contributed by atoms with Crippen molar-refractivity contribution in [2.75, 3.05) is 5.32 Å². The van der Waals surface area contributed by atoms with Crippen LogP contribution in [-0.2, 0) is 5.41 Å². The Balaban J connectivity index is 3.39. The molecule has 0 radical (unpaired) electrons. The molecule has 1 heterocycles. The van der Waals surface area contributed by atoms with Crippen molar-refractivity contribution in [3.63, 3.8) is 0 Å². The van der Waals surface area contributed by atoms with Crippen molar-refractivity contribution in [2.45, 2.75) is 56.2 Å². The van der Waals surface area contributed by atoms with Crippen molar-refractivity contribution < 1.29 is 0 Å². The van der Waals surface area contributed by atoms with E-state index in [2.05, 4.69) is 89.8 Å². The number of rotatable bonds is 2. The fraction of sp³-hybridized carbons (Fsp3) is 0.643. The number of hydrogen-bond donors (Lipinski definition) is 1. The molecule has 102 valence electrons. The monoisotopic (exact) mass is 376 g/mol. The van der Waals surface area contributed by atoms with Gasteiger partial charge in [0.1, 0.15) is 5.82 Å². The van der Waals surface area contributed by atoms with E-state index < -0.39 is 0 Å². The Labute approximate surface area is 127 Å². The van der Waals surface area contributed by atoms with E-state index in [0.29, 0.717) is 0 Å². The van der Waals surface area contributed by atoms with Gasteiger partial charge < -0.3 is 5.32 Å². The van der Waals surface area contributed by atoms with E-state index in [1.54, 1.807) is 0 Å². The van der Waals surface area contributed by atoms with Crippen LogP contribution in [0, 0.1) is 0 Å². The maximum atomic E-state index is 4.52. The maximum absolute atomic E-state index is 4.52. The minimum absolute atomic E-state index is 0.000252. The van der Waals surface area contributed by atoms with Gasteiger partial charge in [0.25, 0.3) is 0 Å². The lowest BCUT2D eigenvalue weighted by molar-refractivity contribution is 0.573. The van der Waals surface area contributed by atoms with E-state index in [4.69, 9.17) is 0 Å². The first-order valence-electron chi connectivity index (χ1n) is 6.08. The fourth-order valence-electron chi connectivity index (χ4n) is 1.90. The molecule has 1 N–H and O–H groups in total. The lowest BCUT2D eigenvalue weighted by Crippen LogP contribution is -2.29. The van der Waals surface area contributed by atoms with E-state index in [1.807, 2.05) is 6.20 Å². The van der Waals surface area contributed by atoms with Crippen molar-refractivity contribution in [2.24, 2.45) is 0 Å². The molecule has 0 atom stereocenters. The highest BCUT2D eigenvalue weighted by atomic mass is 79.9. The molecule has 18 heavy (non-hydrogen) atoms. The smallest absolute Gasteiger partial charge is 0.130 e. The summed E-state index contributed by atoms with van der Waals surface area (Å²) in [6.45, 7) is 13.1. The zero-order chi connectivity index (χ0) is 14.1. The van der Waals surface area contributed by atoms with Gasteiger partial charge in [-0.2, -0.15) is 0 Å². The van der Waals surface area contributed by atoms with Gasteiger partial charge in [-0.05, 0) is 37.8 Å². The summed E-state index contributed by atoms with van der Waals surface area (Å²) < 4.78 is 0.141. The van der Waals surface area contributed by atoms with E-state index in [9.17, 15) is 0 Å². The fourth-order valence-corrected chi connectivity index (χ4v) is 2.66. The third-order valence-electron chi connectivity index (χ3n) is 2.46. The van der Waals surface area contributed by atoms with Gasteiger partial charge in [-0.3, -0.25) is 0 Å². The van der Waals surface area contributed by atoms with Crippen LogP contribution in [0.4, 0.5) is 5.82 Å². The molecule has 1 aromatic rings. The van der Waals surface area contributed by atoms with Crippen molar-refractivity contribution in [1.29, 1.82) is 0 Å². The molecule has 0 unspecified atom stereocenters. The Bertz CT molecular complexity index is 415. The number of nitrogens with one attached hydrogen (secondary N) is 1. The molecule has 0 aromatic carbocycles. The average Bonchev–Trinajstić information content (AvgIpc) is 2.12. The highest BCUT2D eigenvalue weighted by Gasteiger charge is 2.26. The van der Waals surface area contributed by atoms with Crippen LogP contribution < -0.4 is 5.32 Å². The molecule has 0 aliphatic carbocycles. The van der Waals surface area contributed by atoms with Gasteiger partial charge in [-0.15, -0.1) is 0 Å². The summed E-state index contributed by atoms with van der Waals surface area (Å²) in [4.78, 5) is 4.52. The largest absolute Gasteiger partial charge is 0.365 e. The first kappa shape index (κ1) is 16.0. The summed E-state index contributed by atoms with van der Waals surface area (Å²) in [6, 6.07) is 2.06. The molecule has 0 bridgehead atoms. The summed E-state index contributed by atoms with van der Waals surface area (Å²) in [5.41, 5.74) is 2.51. The molecule has 0 aliphatic heterocycles. The van der Waals surface area contributed by atoms with Crippen LogP contribution in [0.25, 0.3) is 0 Å². The first-order chi connectivity index (χ1) is 8.02. The molecular formula is C14H22Br2N2. The third-order valence-corrected chi connectivity index (χ3v) is 3.45. The highest BCUT2D eigenvalue weighted by Crippen LogP contribution is 2.40. The molecule has 0 saturated carbocycles. The van der Waals surface area contributed by atoms with Crippen LogP contribution in [0.3, 0.4) is 0 Å². The molecule has 4 heteroatoms. The lowest BCUT2D eigenvalue weighted by Gasteiger charge is -2.30. The zero-order valence-electron chi connectivity index (χ0n) is 11.9. The predicted molar refractivity (Wildman–Crippen MR) is 86.9 cm³/mol. The van der Waals surface area contributed by atoms with Gasteiger partial charge >= 0.3 is 0 Å². The van der Waals surface area contributed by atoms with Gasteiger partial charge in [0, 0.05) is 17.3 Å². The Morgan fingerprint density at radius 1 is 1.11 bits per heavy atom. The van der Waals surface area contributed by atoms with Gasteiger partial charge in [0.05, 0.1) is 3.74 Å². The van der Waals surface area contributed by atoms with Crippen LogP contribution >= 0.6 is 31.9 Å². The standard InChI is InChI=1S/C14H22Br2N2/c1-13(2,3)10-9(11(15)16)7-8-17-12(10)18-14(4,5)6/h7-8,11H,1-6H3,(H,17,18). The Kier molecular flexibility index (Phi) is 4.87. The number of nitrogens with zero attached hydrogens (tertiary/aromatic N) is 1. The van der Waals surface area contributed by atoms with Crippen LogP contribution in [0.1, 0.15) is 56.4 Å². The van der Waals surface area contributed by atoms with Crippen molar-refractivity contribution in [3.8, 4) is 0 Å². The van der Waals surface area contributed by atoms with Crippen LogP contribution in [0.5, 0.6) is 0 Å². The van der Waals surface area contributed by atoms with Gasteiger partial charge in [0.2, 0.25) is 0 Å². The number of alkyl halides is 2. The Morgan fingerprint density at radius 2 is 1.67 bits per heavy atom. The topological polar surface area (TPSA) is 24.9 Å². The lowest BCUT2D eigenvalue weighted by atomic mass is 9.84. The number of pyridine rings is 1. The summed E-state index contributed by atoms with van der Waals surface area (Å²) >= 11 is 7.20. The number of hydrogen-bond acceptors (Lipinski definition) is 2. The van der Waals surface area contributed by atoms with E-state index in [1.165, 1.54) is 11.1 Å². The zero-order valence-corrected chi connectivity index (χ0v) is 15.1. The molecule has 0 amide bonds. The molecule has 1 aromatic heterocycles. The molecule has 1 rings (SSSR count). The van der Waals surface area contributed by atoms with E-state index >= 15 is 0 Å². The van der Waals surface area contributed by atoms with E-state index in [-0.39, 0.29) is 14.7 Å². The van der Waals surface area contributed by atoms with Crippen molar-refractivity contribution in [1.82, 2.24) is 4.98 Å². The van der Waals surface area contributed by atoms with Crippen LogP contribution in [0.15, 0.2) is 12.3 Å². The second kappa shape index (κ2) is 5.49. The van der Waals surface area contributed by atoms with Crippen LogP contribution in [-0.4, -0.2) is 10.5 Å². The predicted octanol–water partition coefficient (Wildman–Crippen LogP) is 5.38. The maximum Gasteiger partial charge on any atom is 0.130 e. The average molecular weight is 378 g/mol. The quantitative estimate of drug-likeness (QED) is 0.700. The van der Waals surface area contributed by atoms with Crippen molar-refractivity contribution >= 4 is 37.7 Å². The molecule has 0 fully saturated rings. The Hall–Kier alpha value is -0.0900. The summed E-state index contributed by atoms with van der Waals surface area (Å²) in [6.07, 6.45) is 1.86. The second-order valence-corrected chi connectivity index (χ2v) is 9.61. The summed E-state index contributed by atoms with van der Waals surface area (Å²) in [5.74, 6) is 0.969. The minimum atomic E-state index is -0.000252. The van der Waals surface area contributed by atoms with Crippen LogP contribution in [0.2, 0.25) is 0 Å². The number of halogens is 2. The summed E-state index contributed by atoms with van der Waals surface area (Å²) in [5, 5.41) is 3.50. The first-order valence-corrected chi connectivity index (χ1v) is 7.91. The molecule has 0 spiro atoms. The molecule has 0 aliphatic rings. The van der Waals surface area contributed by atoms with Gasteiger partial charge in [0.15, 0.2) is 0 Å². The SMILES string of the molecule is CC(C)(C)Nc1nccc(C(Br)Br)c1C(C)(C)C. The number of aromatic nitrogens is 1. The second-order valence-electron chi connectivity index (χ2n) is 6.55.